The molecular formula is C22H31N3O5S. The lowest BCUT2D eigenvalue weighted by Crippen LogP contribution is -2.30. The zero-order chi connectivity index (χ0) is 22.9. The average Bonchev–Trinajstić information content (AvgIpc) is 2.77. The molecule has 0 saturated heterocycles. The van der Waals surface area contributed by atoms with E-state index < -0.39 is 10.0 Å². The Kier molecular flexibility index (Phi) is 9.29. The lowest BCUT2D eigenvalue weighted by Gasteiger charge is -2.14. The number of hydrogen-bond acceptors (Lipinski definition) is 6. The summed E-state index contributed by atoms with van der Waals surface area (Å²) in [4.78, 5) is 14.4. The van der Waals surface area contributed by atoms with E-state index in [1.165, 1.54) is 38.0 Å². The highest BCUT2D eigenvalue weighted by molar-refractivity contribution is 7.89. The van der Waals surface area contributed by atoms with Gasteiger partial charge in [0.1, 0.15) is 0 Å². The fraction of sp³-hybridized carbons (Fsp3) is 0.409. The number of benzene rings is 2. The molecule has 0 spiro atoms. The molecule has 2 N–H and O–H groups in total. The second-order valence-corrected chi connectivity index (χ2v) is 8.86. The zero-order valence-corrected chi connectivity index (χ0v) is 19.3. The van der Waals surface area contributed by atoms with Gasteiger partial charge >= 0.3 is 0 Å². The normalized spacial score (nSPS) is 11.4. The standard InChI is InChI=1S/C22H31N3O5S/c1-5-25(2)16-18-8-6-7-17(13-18)15-23-22(26)11-12-24-31(27,28)19-9-10-20(29-3)21(14-19)30-4/h6-10,13-14,24H,5,11-12,15-16H2,1-4H3,(H,23,26). The maximum absolute atomic E-state index is 12.5. The van der Waals surface area contributed by atoms with Gasteiger partial charge in [0.15, 0.2) is 11.5 Å². The van der Waals surface area contributed by atoms with Gasteiger partial charge in [-0.3, -0.25) is 4.79 Å². The summed E-state index contributed by atoms with van der Waals surface area (Å²) in [5.41, 5.74) is 2.18. The van der Waals surface area contributed by atoms with Crippen LogP contribution >= 0.6 is 0 Å². The second kappa shape index (κ2) is 11.7. The number of amides is 1. The van der Waals surface area contributed by atoms with E-state index in [-0.39, 0.29) is 23.8 Å². The summed E-state index contributed by atoms with van der Waals surface area (Å²) < 4.78 is 37.6. The Balaban J connectivity index is 1.84. The molecule has 2 aromatic carbocycles. The third-order valence-corrected chi connectivity index (χ3v) is 6.24. The van der Waals surface area contributed by atoms with E-state index in [2.05, 4.69) is 41.0 Å². The Morgan fingerprint density at radius 2 is 1.74 bits per heavy atom. The van der Waals surface area contributed by atoms with E-state index in [4.69, 9.17) is 9.47 Å². The monoisotopic (exact) mass is 449 g/mol. The summed E-state index contributed by atoms with van der Waals surface area (Å²) in [6.07, 6.45) is 0.0325. The third-order valence-electron chi connectivity index (χ3n) is 4.78. The molecule has 0 atom stereocenters. The van der Waals surface area contributed by atoms with Crippen molar-refractivity contribution in [3.05, 3.63) is 53.6 Å². The smallest absolute Gasteiger partial charge is 0.240 e. The van der Waals surface area contributed by atoms with Crippen LogP contribution in [0.4, 0.5) is 0 Å². The van der Waals surface area contributed by atoms with Crippen molar-refractivity contribution in [1.82, 2.24) is 14.9 Å². The van der Waals surface area contributed by atoms with Gasteiger partial charge in [-0.2, -0.15) is 0 Å². The largest absolute Gasteiger partial charge is 0.493 e. The van der Waals surface area contributed by atoms with Crippen molar-refractivity contribution in [2.24, 2.45) is 0 Å². The van der Waals surface area contributed by atoms with E-state index in [0.717, 1.165) is 18.7 Å². The summed E-state index contributed by atoms with van der Waals surface area (Å²) in [7, 11) is 1.19. The molecule has 0 fully saturated rings. The van der Waals surface area contributed by atoms with Crippen molar-refractivity contribution < 1.29 is 22.7 Å². The number of ether oxygens (including phenoxy) is 2. The van der Waals surface area contributed by atoms with Crippen LogP contribution in [0.3, 0.4) is 0 Å². The highest BCUT2D eigenvalue weighted by Gasteiger charge is 2.17. The zero-order valence-electron chi connectivity index (χ0n) is 18.5. The molecule has 0 aliphatic carbocycles. The van der Waals surface area contributed by atoms with Crippen LogP contribution in [-0.4, -0.2) is 53.6 Å². The number of carbonyl (C=O) groups is 1. The first-order valence-electron chi connectivity index (χ1n) is 10.0. The topological polar surface area (TPSA) is 97.0 Å². The Morgan fingerprint density at radius 3 is 2.42 bits per heavy atom. The SMILES string of the molecule is CCN(C)Cc1cccc(CNC(=O)CCNS(=O)(=O)c2ccc(OC)c(OC)c2)c1. The summed E-state index contributed by atoms with van der Waals surface area (Å²) in [5, 5.41) is 2.83. The first kappa shape index (κ1) is 24.6. The van der Waals surface area contributed by atoms with E-state index in [9.17, 15) is 13.2 Å². The van der Waals surface area contributed by atoms with Gasteiger partial charge < -0.3 is 19.7 Å². The van der Waals surface area contributed by atoms with E-state index >= 15 is 0 Å². The quantitative estimate of drug-likeness (QED) is 0.515. The summed E-state index contributed by atoms with van der Waals surface area (Å²) in [6.45, 7) is 4.29. The molecule has 0 unspecified atom stereocenters. The van der Waals surface area contributed by atoms with Gasteiger partial charge in [0, 0.05) is 32.1 Å². The summed E-state index contributed by atoms with van der Waals surface area (Å²) in [6, 6.07) is 12.4. The lowest BCUT2D eigenvalue weighted by molar-refractivity contribution is -0.121. The summed E-state index contributed by atoms with van der Waals surface area (Å²) in [5.74, 6) is 0.521. The van der Waals surface area contributed by atoms with Gasteiger partial charge in [-0.05, 0) is 36.9 Å². The van der Waals surface area contributed by atoms with Crippen molar-refractivity contribution in [3.8, 4) is 11.5 Å². The number of nitrogens with one attached hydrogen (secondary N) is 2. The number of carbonyl (C=O) groups excluding carboxylic acids is 1. The van der Waals surface area contributed by atoms with Crippen LogP contribution in [0.1, 0.15) is 24.5 Å². The fourth-order valence-electron chi connectivity index (χ4n) is 2.92. The predicted molar refractivity (Wildman–Crippen MR) is 120 cm³/mol. The lowest BCUT2D eigenvalue weighted by atomic mass is 10.1. The predicted octanol–water partition coefficient (Wildman–Crippen LogP) is 2.14. The van der Waals surface area contributed by atoms with E-state index in [0.29, 0.717) is 18.0 Å². The number of methoxy groups -OCH3 is 2. The van der Waals surface area contributed by atoms with Crippen LogP contribution in [0.15, 0.2) is 47.4 Å². The molecule has 0 aliphatic heterocycles. The Bertz CT molecular complexity index is 979. The molecule has 0 radical (unpaired) electrons. The van der Waals surface area contributed by atoms with Crippen LogP contribution in [0.5, 0.6) is 11.5 Å². The molecule has 0 aliphatic rings. The Labute approximate surface area is 184 Å². The molecular weight excluding hydrogens is 418 g/mol. The van der Waals surface area contributed by atoms with Crippen molar-refractivity contribution in [2.75, 3.05) is 34.4 Å². The minimum Gasteiger partial charge on any atom is -0.493 e. The van der Waals surface area contributed by atoms with Crippen LogP contribution in [0.2, 0.25) is 0 Å². The molecule has 2 rings (SSSR count). The second-order valence-electron chi connectivity index (χ2n) is 7.09. The van der Waals surface area contributed by atoms with Gasteiger partial charge in [0.05, 0.1) is 19.1 Å². The van der Waals surface area contributed by atoms with Gasteiger partial charge in [-0.15, -0.1) is 0 Å². The number of sulfonamides is 1. The molecule has 8 nitrogen and oxygen atoms in total. The Hall–Kier alpha value is -2.62. The maximum atomic E-state index is 12.5. The van der Waals surface area contributed by atoms with Gasteiger partial charge in [-0.1, -0.05) is 31.2 Å². The fourth-order valence-corrected chi connectivity index (χ4v) is 3.96. The molecule has 0 heterocycles. The van der Waals surface area contributed by atoms with Crippen molar-refractivity contribution in [1.29, 1.82) is 0 Å². The van der Waals surface area contributed by atoms with Gasteiger partial charge in [0.25, 0.3) is 0 Å². The number of rotatable bonds is 12. The summed E-state index contributed by atoms with van der Waals surface area (Å²) >= 11 is 0. The molecule has 2 aromatic rings. The van der Waals surface area contributed by atoms with Crippen molar-refractivity contribution in [2.45, 2.75) is 31.3 Å². The van der Waals surface area contributed by atoms with Gasteiger partial charge in [-0.25, -0.2) is 13.1 Å². The molecule has 0 bridgehead atoms. The average molecular weight is 450 g/mol. The maximum Gasteiger partial charge on any atom is 0.240 e. The van der Waals surface area contributed by atoms with E-state index in [1.807, 2.05) is 12.1 Å². The van der Waals surface area contributed by atoms with E-state index in [1.54, 1.807) is 0 Å². The number of hydrogen-bond donors (Lipinski definition) is 2. The minimum atomic E-state index is -3.77. The number of nitrogens with zero attached hydrogens (tertiary/aromatic N) is 1. The van der Waals surface area contributed by atoms with Crippen LogP contribution in [0, 0.1) is 0 Å². The molecule has 170 valence electrons. The first-order valence-corrected chi connectivity index (χ1v) is 11.5. The Morgan fingerprint density at radius 1 is 1.03 bits per heavy atom. The van der Waals surface area contributed by atoms with Gasteiger partial charge in [0.2, 0.25) is 15.9 Å². The first-order chi connectivity index (χ1) is 14.8. The molecule has 31 heavy (non-hydrogen) atoms. The highest BCUT2D eigenvalue weighted by Crippen LogP contribution is 2.29. The highest BCUT2D eigenvalue weighted by atomic mass is 32.2. The third kappa shape index (κ3) is 7.54. The van der Waals surface area contributed by atoms with Crippen molar-refractivity contribution in [3.63, 3.8) is 0 Å². The minimum absolute atomic E-state index is 0.0101. The van der Waals surface area contributed by atoms with Crippen LogP contribution in [0.25, 0.3) is 0 Å². The van der Waals surface area contributed by atoms with Crippen LogP contribution in [-0.2, 0) is 27.9 Å². The molecule has 1 amide bonds. The van der Waals surface area contributed by atoms with Crippen molar-refractivity contribution >= 4 is 15.9 Å². The van der Waals surface area contributed by atoms with Crippen LogP contribution < -0.4 is 19.5 Å². The molecule has 0 saturated carbocycles. The molecule has 0 aromatic heterocycles. The molecule has 9 heteroatoms.